The van der Waals surface area contributed by atoms with Crippen LogP contribution in [0, 0.1) is 18.7 Å². The first-order chi connectivity index (χ1) is 18.0. The fraction of sp³-hybridized carbons (Fsp3) is 0.154. The van der Waals surface area contributed by atoms with E-state index in [1.165, 1.54) is 6.07 Å². The van der Waals surface area contributed by atoms with Crippen LogP contribution in [0.4, 0.5) is 10.1 Å². The average molecular weight is 494 g/mol. The highest BCUT2D eigenvalue weighted by molar-refractivity contribution is 5.97. The van der Waals surface area contributed by atoms with Crippen molar-refractivity contribution in [2.45, 2.75) is 19.8 Å². The van der Waals surface area contributed by atoms with Crippen LogP contribution in [0.2, 0.25) is 0 Å². The van der Waals surface area contributed by atoms with Gasteiger partial charge in [-0.15, -0.1) is 0 Å². The summed E-state index contributed by atoms with van der Waals surface area (Å²) >= 11 is 0. The quantitative estimate of drug-likeness (QED) is 0.323. The van der Waals surface area contributed by atoms with E-state index in [1.54, 1.807) is 31.0 Å². The number of aromatic amines is 2. The lowest BCUT2D eigenvalue weighted by atomic mass is 10.0. The molecule has 1 aromatic carbocycles. The number of aryl methyl sites for hydroxylation is 1. The summed E-state index contributed by atoms with van der Waals surface area (Å²) in [5, 5.41) is 10.6. The van der Waals surface area contributed by atoms with Gasteiger partial charge in [0.25, 0.3) is 0 Å². The van der Waals surface area contributed by atoms with Gasteiger partial charge < -0.3 is 10.3 Å². The second-order valence-electron chi connectivity index (χ2n) is 9.22. The van der Waals surface area contributed by atoms with E-state index in [0.717, 1.165) is 24.1 Å². The fourth-order valence-corrected chi connectivity index (χ4v) is 4.44. The Morgan fingerprint density at radius 2 is 2.03 bits per heavy atom. The van der Waals surface area contributed by atoms with Gasteiger partial charge in [0.05, 0.1) is 23.1 Å². The molecular formula is C26H20FN9O. The Morgan fingerprint density at radius 1 is 1.14 bits per heavy atom. The third kappa shape index (κ3) is 3.71. The Hall–Kier alpha value is -4.93. The van der Waals surface area contributed by atoms with Crippen LogP contribution in [0.5, 0.6) is 0 Å². The highest BCUT2D eigenvalue weighted by atomic mass is 19.1. The number of hydrogen-bond donors (Lipinski definition) is 3. The van der Waals surface area contributed by atoms with Crippen molar-refractivity contribution in [2.24, 2.45) is 5.92 Å². The van der Waals surface area contributed by atoms with Crippen LogP contribution >= 0.6 is 0 Å². The monoisotopic (exact) mass is 493 g/mol. The maximum atomic E-state index is 15.2. The van der Waals surface area contributed by atoms with Crippen molar-refractivity contribution in [3.05, 3.63) is 66.9 Å². The van der Waals surface area contributed by atoms with Crippen LogP contribution in [0.1, 0.15) is 18.5 Å². The maximum Gasteiger partial charge on any atom is 0.227 e. The van der Waals surface area contributed by atoms with Gasteiger partial charge in [0, 0.05) is 35.5 Å². The summed E-state index contributed by atoms with van der Waals surface area (Å²) in [5.41, 5.74) is 4.90. The Kier molecular flexibility index (Phi) is 4.65. The summed E-state index contributed by atoms with van der Waals surface area (Å²) < 4.78 is 17.0. The number of aromatic nitrogens is 8. The summed E-state index contributed by atoms with van der Waals surface area (Å²) in [7, 11) is 0. The Balaban J connectivity index is 1.31. The number of pyridine rings is 2. The number of carbonyl (C=O) groups is 1. The number of hydrogen-bond acceptors (Lipinski definition) is 6. The minimum absolute atomic E-state index is 0.0118. The minimum atomic E-state index is -0.477. The van der Waals surface area contributed by atoms with Crippen LogP contribution < -0.4 is 5.32 Å². The predicted octanol–water partition coefficient (Wildman–Crippen LogP) is 4.54. The topological polar surface area (TPSA) is 130 Å². The molecule has 1 aliphatic carbocycles. The lowest BCUT2D eigenvalue weighted by Gasteiger charge is -2.07. The maximum absolute atomic E-state index is 15.2. The van der Waals surface area contributed by atoms with Crippen molar-refractivity contribution in [3.8, 4) is 28.5 Å². The molecule has 11 heteroatoms. The van der Waals surface area contributed by atoms with Gasteiger partial charge in [0.15, 0.2) is 17.5 Å². The Morgan fingerprint density at radius 3 is 2.84 bits per heavy atom. The summed E-state index contributed by atoms with van der Waals surface area (Å²) in [5.74, 6) is 0.719. The number of imidazole rings is 2. The number of halogens is 1. The number of H-pyrrole nitrogens is 2. The van der Waals surface area contributed by atoms with Gasteiger partial charge >= 0.3 is 0 Å². The molecule has 0 radical (unpaired) electrons. The number of anilines is 1. The number of amides is 1. The van der Waals surface area contributed by atoms with E-state index in [1.807, 2.05) is 29.8 Å². The van der Waals surface area contributed by atoms with Crippen molar-refractivity contribution < 1.29 is 9.18 Å². The molecule has 5 heterocycles. The van der Waals surface area contributed by atoms with Crippen molar-refractivity contribution in [2.75, 3.05) is 5.32 Å². The van der Waals surface area contributed by atoms with Crippen LogP contribution in [0.3, 0.4) is 0 Å². The molecule has 0 unspecified atom stereocenters. The van der Waals surface area contributed by atoms with Gasteiger partial charge in [-0.2, -0.15) is 5.10 Å². The van der Waals surface area contributed by atoms with Gasteiger partial charge in [0.1, 0.15) is 23.1 Å². The number of nitrogens with zero attached hydrogens (tertiary/aromatic N) is 6. The molecule has 6 aromatic rings. The average Bonchev–Trinajstić information content (AvgIpc) is 3.29. The molecule has 10 nitrogen and oxygen atoms in total. The number of fused-ring (bicyclic) bond motifs is 2. The van der Waals surface area contributed by atoms with Gasteiger partial charge in [-0.05, 0) is 49.6 Å². The second-order valence-corrected chi connectivity index (χ2v) is 9.22. The van der Waals surface area contributed by atoms with E-state index >= 15 is 4.39 Å². The summed E-state index contributed by atoms with van der Waals surface area (Å²) in [6.45, 7) is 1.90. The van der Waals surface area contributed by atoms with Crippen molar-refractivity contribution in [1.29, 1.82) is 0 Å². The zero-order valence-corrected chi connectivity index (χ0v) is 19.7. The van der Waals surface area contributed by atoms with E-state index in [4.69, 9.17) is 4.98 Å². The zero-order valence-electron chi connectivity index (χ0n) is 19.7. The van der Waals surface area contributed by atoms with E-state index < -0.39 is 5.82 Å². The Labute approximate surface area is 209 Å². The number of benzene rings is 1. The molecule has 0 atom stereocenters. The standard InChI is InChI=1S/C26H20FN9O/c1-13-11-36(12-30-13)25-23-20(4-5-29-25)32-24(33-23)22-18-7-15(8-19(27)21(18)34-35-22)16-6-17(10-28-9-16)31-26(37)14-2-3-14/h4-12,14H,2-3H2,1H3,(H,31,37)(H,32,33)(H,34,35). The molecule has 0 bridgehead atoms. The molecular weight excluding hydrogens is 473 g/mol. The first-order valence-corrected chi connectivity index (χ1v) is 11.8. The molecule has 1 amide bonds. The third-order valence-electron chi connectivity index (χ3n) is 6.47. The highest BCUT2D eigenvalue weighted by Crippen LogP contribution is 2.34. The number of nitrogens with one attached hydrogen (secondary N) is 3. The molecule has 0 saturated heterocycles. The summed E-state index contributed by atoms with van der Waals surface area (Å²) in [6, 6.07) is 6.88. The first kappa shape index (κ1) is 21.4. The molecule has 5 aromatic heterocycles. The largest absolute Gasteiger partial charge is 0.336 e. The Bertz CT molecular complexity index is 1830. The SMILES string of the molecule is Cc1cn(-c2nccc3[nH]c(-c4[nH]nc5c(F)cc(-c6cncc(NC(=O)C7CC7)c6)cc45)nc23)cn1. The van der Waals surface area contributed by atoms with Gasteiger partial charge in [-0.25, -0.2) is 19.3 Å². The molecule has 182 valence electrons. The van der Waals surface area contributed by atoms with Gasteiger partial charge in [0.2, 0.25) is 5.91 Å². The molecule has 1 aliphatic rings. The second kappa shape index (κ2) is 8.05. The van der Waals surface area contributed by atoms with E-state index in [2.05, 4.69) is 35.5 Å². The zero-order chi connectivity index (χ0) is 25.1. The molecule has 3 N–H and O–H groups in total. The smallest absolute Gasteiger partial charge is 0.227 e. The number of rotatable bonds is 5. The molecule has 0 aliphatic heterocycles. The first-order valence-electron chi connectivity index (χ1n) is 11.8. The lowest BCUT2D eigenvalue weighted by Crippen LogP contribution is -2.13. The third-order valence-corrected chi connectivity index (χ3v) is 6.47. The van der Waals surface area contributed by atoms with Crippen molar-refractivity contribution >= 4 is 33.5 Å². The molecule has 37 heavy (non-hydrogen) atoms. The summed E-state index contributed by atoms with van der Waals surface area (Å²) in [6.07, 6.45) is 10.3. The molecule has 7 rings (SSSR count). The molecule has 1 fully saturated rings. The van der Waals surface area contributed by atoms with Gasteiger partial charge in [-0.1, -0.05) is 0 Å². The van der Waals surface area contributed by atoms with Crippen LogP contribution in [0.25, 0.3) is 50.4 Å². The fourth-order valence-electron chi connectivity index (χ4n) is 4.44. The normalized spacial score (nSPS) is 13.5. The number of carbonyl (C=O) groups excluding carboxylic acids is 1. The van der Waals surface area contributed by atoms with E-state index in [9.17, 15) is 4.79 Å². The van der Waals surface area contributed by atoms with Crippen LogP contribution in [0.15, 0.2) is 55.4 Å². The lowest BCUT2D eigenvalue weighted by molar-refractivity contribution is -0.117. The highest BCUT2D eigenvalue weighted by Gasteiger charge is 2.29. The molecule has 0 spiro atoms. The predicted molar refractivity (Wildman–Crippen MR) is 135 cm³/mol. The van der Waals surface area contributed by atoms with Crippen molar-refractivity contribution in [1.82, 2.24) is 39.7 Å². The van der Waals surface area contributed by atoms with Crippen LogP contribution in [-0.4, -0.2) is 45.6 Å². The molecule has 1 saturated carbocycles. The van der Waals surface area contributed by atoms with Gasteiger partial charge in [-0.3, -0.25) is 19.4 Å². The summed E-state index contributed by atoms with van der Waals surface area (Å²) in [4.78, 5) is 33.2. The van der Waals surface area contributed by atoms with E-state index in [-0.39, 0.29) is 17.3 Å². The van der Waals surface area contributed by atoms with Crippen LogP contribution in [-0.2, 0) is 4.79 Å². The van der Waals surface area contributed by atoms with E-state index in [0.29, 0.717) is 45.1 Å². The minimum Gasteiger partial charge on any atom is -0.336 e. The van der Waals surface area contributed by atoms with Crippen molar-refractivity contribution in [3.63, 3.8) is 0 Å².